The lowest BCUT2D eigenvalue weighted by atomic mass is 10.2. The molecule has 1 unspecified atom stereocenters. The average molecular weight is 321 g/mol. The predicted octanol–water partition coefficient (Wildman–Crippen LogP) is 3.09. The maximum absolute atomic E-state index is 5.92. The SMILES string of the molecule is NCC(Nc1ccc(Br)cc1)c1cncn1C1CC1. The van der Waals surface area contributed by atoms with E-state index in [9.17, 15) is 0 Å². The first-order valence-electron chi connectivity index (χ1n) is 6.52. The largest absolute Gasteiger partial charge is 0.375 e. The van der Waals surface area contributed by atoms with E-state index < -0.39 is 0 Å². The van der Waals surface area contributed by atoms with Gasteiger partial charge in [-0.3, -0.25) is 0 Å². The third-order valence-electron chi connectivity index (χ3n) is 3.41. The Labute approximate surface area is 121 Å². The molecule has 3 rings (SSSR count). The lowest BCUT2D eigenvalue weighted by molar-refractivity contribution is 0.642. The first-order valence-corrected chi connectivity index (χ1v) is 7.31. The van der Waals surface area contributed by atoms with Crippen molar-refractivity contribution in [2.45, 2.75) is 24.9 Å². The molecule has 1 aliphatic rings. The van der Waals surface area contributed by atoms with Crippen LogP contribution in [0.1, 0.15) is 30.6 Å². The molecule has 1 aromatic heterocycles. The molecule has 5 heteroatoms. The molecule has 1 aliphatic carbocycles. The van der Waals surface area contributed by atoms with Crippen molar-refractivity contribution < 1.29 is 0 Å². The predicted molar refractivity (Wildman–Crippen MR) is 80.1 cm³/mol. The van der Waals surface area contributed by atoms with Gasteiger partial charge < -0.3 is 15.6 Å². The van der Waals surface area contributed by atoms with E-state index >= 15 is 0 Å². The number of rotatable bonds is 5. The smallest absolute Gasteiger partial charge is 0.0951 e. The van der Waals surface area contributed by atoms with Gasteiger partial charge in [-0.1, -0.05) is 15.9 Å². The Hall–Kier alpha value is -1.33. The average Bonchev–Trinajstić information content (AvgIpc) is 3.16. The van der Waals surface area contributed by atoms with Crippen molar-refractivity contribution >= 4 is 21.6 Å². The van der Waals surface area contributed by atoms with Crippen LogP contribution in [-0.4, -0.2) is 16.1 Å². The molecule has 0 spiro atoms. The molecule has 2 aromatic rings. The third-order valence-corrected chi connectivity index (χ3v) is 3.94. The molecule has 19 heavy (non-hydrogen) atoms. The number of halogens is 1. The summed E-state index contributed by atoms with van der Waals surface area (Å²) in [6.45, 7) is 0.550. The molecule has 1 heterocycles. The molecule has 1 atom stereocenters. The monoisotopic (exact) mass is 320 g/mol. The summed E-state index contributed by atoms with van der Waals surface area (Å²) in [6.07, 6.45) is 6.33. The van der Waals surface area contributed by atoms with E-state index in [2.05, 4.69) is 30.8 Å². The second kappa shape index (κ2) is 5.35. The summed E-state index contributed by atoms with van der Waals surface area (Å²) < 4.78 is 3.33. The van der Waals surface area contributed by atoms with Crippen molar-refractivity contribution in [1.29, 1.82) is 0 Å². The molecule has 3 N–H and O–H groups in total. The Morgan fingerprint density at radius 2 is 2.11 bits per heavy atom. The van der Waals surface area contributed by atoms with Crippen LogP contribution in [0.4, 0.5) is 5.69 Å². The highest BCUT2D eigenvalue weighted by molar-refractivity contribution is 9.10. The minimum Gasteiger partial charge on any atom is -0.375 e. The number of anilines is 1. The Balaban J connectivity index is 1.80. The fraction of sp³-hybridized carbons (Fsp3) is 0.357. The number of imidazole rings is 1. The van der Waals surface area contributed by atoms with E-state index in [0.29, 0.717) is 12.6 Å². The number of benzene rings is 1. The van der Waals surface area contributed by atoms with Crippen LogP contribution in [0.25, 0.3) is 0 Å². The molecular weight excluding hydrogens is 304 g/mol. The zero-order valence-corrected chi connectivity index (χ0v) is 12.2. The minimum absolute atomic E-state index is 0.101. The molecule has 4 nitrogen and oxygen atoms in total. The second-order valence-electron chi connectivity index (χ2n) is 4.90. The van der Waals surface area contributed by atoms with E-state index in [0.717, 1.165) is 10.2 Å². The maximum Gasteiger partial charge on any atom is 0.0951 e. The van der Waals surface area contributed by atoms with Gasteiger partial charge >= 0.3 is 0 Å². The lowest BCUT2D eigenvalue weighted by Crippen LogP contribution is -2.23. The van der Waals surface area contributed by atoms with Crippen LogP contribution < -0.4 is 11.1 Å². The van der Waals surface area contributed by atoms with E-state index in [1.165, 1.54) is 18.5 Å². The Kier molecular flexibility index (Phi) is 3.57. The van der Waals surface area contributed by atoms with Crippen molar-refractivity contribution in [3.05, 3.63) is 47.0 Å². The summed E-state index contributed by atoms with van der Waals surface area (Å²) in [5.41, 5.74) is 8.16. The topological polar surface area (TPSA) is 55.9 Å². The second-order valence-corrected chi connectivity index (χ2v) is 5.81. The summed E-state index contributed by atoms with van der Waals surface area (Å²) in [4.78, 5) is 4.27. The van der Waals surface area contributed by atoms with Gasteiger partial charge in [-0.2, -0.15) is 0 Å². The fourth-order valence-corrected chi connectivity index (χ4v) is 2.51. The van der Waals surface area contributed by atoms with Crippen molar-refractivity contribution in [1.82, 2.24) is 9.55 Å². The van der Waals surface area contributed by atoms with Crippen LogP contribution in [-0.2, 0) is 0 Å². The van der Waals surface area contributed by atoms with Crippen molar-refractivity contribution in [2.75, 3.05) is 11.9 Å². The number of hydrogen-bond acceptors (Lipinski definition) is 3. The van der Waals surface area contributed by atoms with Crippen LogP contribution in [0.3, 0.4) is 0 Å². The quantitative estimate of drug-likeness (QED) is 0.890. The zero-order valence-electron chi connectivity index (χ0n) is 10.6. The van der Waals surface area contributed by atoms with Gasteiger partial charge in [0.2, 0.25) is 0 Å². The molecule has 0 bridgehead atoms. The molecule has 0 saturated heterocycles. The number of nitrogens with two attached hydrogens (primary N) is 1. The normalized spacial score (nSPS) is 16.3. The molecular formula is C14H17BrN4. The van der Waals surface area contributed by atoms with Gasteiger partial charge in [-0.15, -0.1) is 0 Å². The number of nitrogens with one attached hydrogen (secondary N) is 1. The molecule has 0 radical (unpaired) electrons. The van der Waals surface area contributed by atoms with Crippen LogP contribution in [0, 0.1) is 0 Å². The first kappa shape index (κ1) is 12.7. The molecule has 1 aromatic carbocycles. The van der Waals surface area contributed by atoms with Gasteiger partial charge in [0.15, 0.2) is 0 Å². The lowest BCUT2D eigenvalue weighted by Gasteiger charge is -2.20. The van der Waals surface area contributed by atoms with Crippen LogP contribution in [0.15, 0.2) is 41.3 Å². The summed E-state index contributed by atoms with van der Waals surface area (Å²) in [5, 5.41) is 3.47. The Morgan fingerprint density at radius 3 is 2.74 bits per heavy atom. The van der Waals surface area contributed by atoms with Crippen molar-refractivity contribution in [3.8, 4) is 0 Å². The van der Waals surface area contributed by atoms with Gasteiger partial charge in [0.05, 0.1) is 24.3 Å². The van der Waals surface area contributed by atoms with Crippen LogP contribution in [0.2, 0.25) is 0 Å². The van der Waals surface area contributed by atoms with E-state index in [1.807, 2.05) is 36.8 Å². The number of aromatic nitrogens is 2. The van der Waals surface area contributed by atoms with Gasteiger partial charge in [0, 0.05) is 22.7 Å². The maximum atomic E-state index is 5.92. The van der Waals surface area contributed by atoms with Crippen molar-refractivity contribution in [2.24, 2.45) is 5.73 Å². The summed E-state index contributed by atoms with van der Waals surface area (Å²) in [5.74, 6) is 0. The summed E-state index contributed by atoms with van der Waals surface area (Å²) in [6, 6.07) is 8.86. The highest BCUT2D eigenvalue weighted by Crippen LogP contribution is 2.37. The van der Waals surface area contributed by atoms with Gasteiger partial charge in [0.25, 0.3) is 0 Å². The van der Waals surface area contributed by atoms with E-state index in [4.69, 9.17) is 5.73 Å². The first-order chi connectivity index (χ1) is 9.28. The zero-order chi connectivity index (χ0) is 13.2. The van der Waals surface area contributed by atoms with Gasteiger partial charge in [-0.05, 0) is 37.1 Å². The highest BCUT2D eigenvalue weighted by Gasteiger charge is 2.27. The van der Waals surface area contributed by atoms with Crippen LogP contribution in [0.5, 0.6) is 0 Å². The summed E-state index contributed by atoms with van der Waals surface area (Å²) >= 11 is 3.44. The van der Waals surface area contributed by atoms with E-state index in [1.54, 1.807) is 0 Å². The standard InChI is InChI=1S/C14H17BrN4/c15-10-1-3-11(4-2-10)18-13(7-16)14-8-17-9-19(14)12-5-6-12/h1-4,8-9,12-13,18H,5-7,16H2. The molecule has 0 amide bonds. The number of hydrogen-bond donors (Lipinski definition) is 2. The van der Waals surface area contributed by atoms with Gasteiger partial charge in [-0.25, -0.2) is 4.98 Å². The molecule has 100 valence electrons. The molecule has 1 fully saturated rings. The van der Waals surface area contributed by atoms with Crippen molar-refractivity contribution in [3.63, 3.8) is 0 Å². The fourth-order valence-electron chi connectivity index (χ4n) is 2.24. The minimum atomic E-state index is 0.101. The highest BCUT2D eigenvalue weighted by atomic mass is 79.9. The summed E-state index contributed by atoms with van der Waals surface area (Å²) in [7, 11) is 0. The van der Waals surface area contributed by atoms with E-state index in [-0.39, 0.29) is 6.04 Å². The number of nitrogens with zero attached hydrogens (tertiary/aromatic N) is 2. The Bertz CT molecular complexity index is 545. The van der Waals surface area contributed by atoms with Crippen LogP contribution >= 0.6 is 15.9 Å². The third kappa shape index (κ3) is 2.82. The Morgan fingerprint density at radius 1 is 1.37 bits per heavy atom. The molecule has 0 aliphatic heterocycles. The van der Waals surface area contributed by atoms with Gasteiger partial charge in [0.1, 0.15) is 0 Å². The molecule has 1 saturated carbocycles.